The zero-order valence-corrected chi connectivity index (χ0v) is 11.7. The Kier molecular flexibility index (Phi) is 3.01. The molecule has 3 aromatic heterocycles. The lowest BCUT2D eigenvalue weighted by atomic mass is 10.2. The van der Waals surface area contributed by atoms with Crippen LogP contribution in [-0.4, -0.2) is 35.7 Å². The van der Waals surface area contributed by atoms with E-state index in [1.54, 1.807) is 44.2 Å². The molecule has 0 saturated heterocycles. The van der Waals surface area contributed by atoms with Gasteiger partial charge in [-0.25, -0.2) is 0 Å². The molecule has 0 bridgehead atoms. The molecular weight excluding hydrogens is 274 g/mol. The summed E-state index contributed by atoms with van der Waals surface area (Å²) in [4.78, 5) is 12.1. The van der Waals surface area contributed by atoms with Gasteiger partial charge in [0, 0.05) is 20.3 Å². The van der Waals surface area contributed by atoms with Crippen molar-refractivity contribution in [2.75, 3.05) is 5.32 Å². The summed E-state index contributed by atoms with van der Waals surface area (Å²) >= 11 is 0. The second kappa shape index (κ2) is 4.85. The number of amides is 1. The van der Waals surface area contributed by atoms with E-state index in [1.807, 2.05) is 0 Å². The van der Waals surface area contributed by atoms with Crippen LogP contribution < -0.4 is 5.32 Å². The van der Waals surface area contributed by atoms with Gasteiger partial charge < -0.3 is 4.42 Å². The molecule has 0 atom stereocenters. The normalized spacial score (nSPS) is 10.8. The molecule has 9 heteroatoms. The van der Waals surface area contributed by atoms with Crippen LogP contribution >= 0.6 is 0 Å². The van der Waals surface area contributed by atoms with E-state index < -0.39 is 0 Å². The summed E-state index contributed by atoms with van der Waals surface area (Å²) in [5.74, 6) is -0.114. The van der Waals surface area contributed by atoms with Crippen molar-refractivity contribution in [3.8, 4) is 11.6 Å². The van der Waals surface area contributed by atoms with Gasteiger partial charge in [0.15, 0.2) is 0 Å². The third-order valence-corrected chi connectivity index (χ3v) is 2.91. The van der Waals surface area contributed by atoms with E-state index in [9.17, 15) is 4.79 Å². The monoisotopic (exact) mass is 287 g/mol. The molecule has 9 nitrogen and oxygen atoms in total. The third-order valence-electron chi connectivity index (χ3n) is 2.91. The fourth-order valence-corrected chi connectivity index (χ4v) is 1.94. The van der Waals surface area contributed by atoms with Crippen LogP contribution in [0.15, 0.2) is 22.9 Å². The smallest absolute Gasteiger partial charge is 0.322 e. The Morgan fingerprint density at radius 1 is 1.33 bits per heavy atom. The topological polar surface area (TPSA) is 104 Å². The zero-order chi connectivity index (χ0) is 15.0. The van der Waals surface area contributed by atoms with E-state index in [1.165, 1.54) is 4.68 Å². The summed E-state index contributed by atoms with van der Waals surface area (Å²) in [6.45, 7) is 1.80. The van der Waals surface area contributed by atoms with Gasteiger partial charge in [-0.3, -0.25) is 19.5 Å². The summed E-state index contributed by atoms with van der Waals surface area (Å²) in [5, 5.41) is 18.3. The first-order valence-electron chi connectivity index (χ1n) is 6.18. The van der Waals surface area contributed by atoms with E-state index >= 15 is 0 Å². The lowest BCUT2D eigenvalue weighted by Gasteiger charge is -2.02. The maximum atomic E-state index is 12.1. The van der Waals surface area contributed by atoms with Crippen LogP contribution in [0.3, 0.4) is 0 Å². The molecule has 0 aromatic carbocycles. The van der Waals surface area contributed by atoms with Gasteiger partial charge in [0.25, 0.3) is 11.8 Å². The zero-order valence-electron chi connectivity index (χ0n) is 11.7. The Labute approximate surface area is 119 Å². The number of rotatable bonds is 3. The highest BCUT2D eigenvalue weighted by molar-refractivity contribution is 6.02. The summed E-state index contributed by atoms with van der Waals surface area (Å²) in [5.41, 5.74) is 1.74. The fourth-order valence-electron chi connectivity index (χ4n) is 1.94. The van der Waals surface area contributed by atoms with E-state index in [-0.39, 0.29) is 17.8 Å². The van der Waals surface area contributed by atoms with E-state index in [2.05, 4.69) is 25.7 Å². The fraction of sp³-hybridized carbons (Fsp3) is 0.250. The minimum absolute atomic E-state index is 0.0150. The molecule has 108 valence electrons. The molecule has 21 heavy (non-hydrogen) atoms. The third kappa shape index (κ3) is 2.40. The number of nitrogens with zero attached hydrogens (tertiary/aromatic N) is 6. The highest BCUT2D eigenvalue weighted by Gasteiger charge is 2.18. The number of aromatic nitrogens is 6. The van der Waals surface area contributed by atoms with E-state index in [0.29, 0.717) is 11.4 Å². The van der Waals surface area contributed by atoms with Crippen LogP contribution in [0.5, 0.6) is 0 Å². The quantitative estimate of drug-likeness (QED) is 0.762. The lowest BCUT2D eigenvalue weighted by Crippen LogP contribution is -2.17. The Morgan fingerprint density at radius 2 is 2.14 bits per heavy atom. The Bertz CT molecular complexity index is 779. The van der Waals surface area contributed by atoms with Crippen molar-refractivity contribution in [1.29, 1.82) is 0 Å². The number of hydrogen-bond acceptors (Lipinski definition) is 6. The number of carbonyl (C=O) groups excluding carboxylic acids is 1. The molecule has 3 rings (SSSR count). The maximum Gasteiger partial charge on any atom is 0.322 e. The molecule has 0 unspecified atom stereocenters. The Balaban J connectivity index is 1.80. The minimum atomic E-state index is -0.358. The molecule has 0 aliphatic heterocycles. The Morgan fingerprint density at radius 3 is 2.76 bits per heavy atom. The van der Waals surface area contributed by atoms with Gasteiger partial charge in [0.1, 0.15) is 11.4 Å². The van der Waals surface area contributed by atoms with Gasteiger partial charge in [-0.1, -0.05) is 5.10 Å². The second-order valence-corrected chi connectivity index (χ2v) is 4.54. The summed E-state index contributed by atoms with van der Waals surface area (Å²) in [7, 11) is 3.47. The first-order chi connectivity index (χ1) is 10.0. The molecule has 0 radical (unpaired) electrons. The van der Waals surface area contributed by atoms with Crippen molar-refractivity contribution in [3.63, 3.8) is 0 Å². The van der Waals surface area contributed by atoms with Crippen molar-refractivity contribution in [2.24, 2.45) is 14.1 Å². The van der Waals surface area contributed by atoms with Crippen LogP contribution in [-0.2, 0) is 14.1 Å². The SMILES string of the molecule is Cc1cnn(C)c1C(=O)Nc1nnc(-c2ccn(C)n2)o1. The van der Waals surface area contributed by atoms with E-state index in [0.717, 1.165) is 5.56 Å². The van der Waals surface area contributed by atoms with Crippen LogP contribution in [0, 0.1) is 6.92 Å². The molecule has 0 aliphatic carbocycles. The predicted molar refractivity (Wildman–Crippen MR) is 72.4 cm³/mol. The van der Waals surface area contributed by atoms with Gasteiger partial charge in [-0.05, 0) is 18.6 Å². The highest BCUT2D eigenvalue weighted by Crippen LogP contribution is 2.18. The summed E-state index contributed by atoms with van der Waals surface area (Å²) in [6.07, 6.45) is 3.37. The number of nitrogens with one attached hydrogen (secondary N) is 1. The first-order valence-corrected chi connectivity index (χ1v) is 6.18. The number of anilines is 1. The first kappa shape index (κ1) is 13.0. The molecule has 0 fully saturated rings. The minimum Gasteiger partial charge on any atom is -0.401 e. The van der Waals surface area contributed by atoms with Crippen molar-refractivity contribution in [1.82, 2.24) is 29.8 Å². The van der Waals surface area contributed by atoms with Gasteiger partial charge in [-0.2, -0.15) is 10.2 Å². The van der Waals surface area contributed by atoms with Crippen LogP contribution in [0.4, 0.5) is 6.01 Å². The van der Waals surface area contributed by atoms with Crippen molar-refractivity contribution < 1.29 is 9.21 Å². The molecule has 3 heterocycles. The second-order valence-electron chi connectivity index (χ2n) is 4.54. The molecular formula is C12H13N7O2. The van der Waals surface area contributed by atoms with Crippen LogP contribution in [0.1, 0.15) is 16.1 Å². The maximum absolute atomic E-state index is 12.1. The van der Waals surface area contributed by atoms with Crippen molar-refractivity contribution >= 4 is 11.9 Å². The molecule has 3 aromatic rings. The molecule has 0 saturated carbocycles. The average Bonchev–Trinajstić information content (AvgIpc) is 3.11. The molecule has 1 amide bonds. The van der Waals surface area contributed by atoms with Gasteiger partial charge in [0.2, 0.25) is 0 Å². The van der Waals surface area contributed by atoms with Crippen molar-refractivity contribution in [2.45, 2.75) is 6.92 Å². The van der Waals surface area contributed by atoms with E-state index in [4.69, 9.17) is 4.42 Å². The largest absolute Gasteiger partial charge is 0.401 e. The summed E-state index contributed by atoms with van der Waals surface area (Å²) in [6, 6.07) is 1.76. The molecule has 1 N–H and O–H groups in total. The highest BCUT2D eigenvalue weighted by atomic mass is 16.4. The van der Waals surface area contributed by atoms with Crippen LogP contribution in [0.2, 0.25) is 0 Å². The standard InChI is InChI=1S/C12H13N7O2/c1-7-6-13-19(3)9(7)10(20)14-12-16-15-11(21-12)8-4-5-18(2)17-8/h4-6H,1-3H3,(H,14,16,20). The number of carbonyl (C=O) groups is 1. The van der Waals surface area contributed by atoms with Gasteiger partial charge in [0.05, 0.1) is 6.20 Å². The lowest BCUT2D eigenvalue weighted by molar-refractivity contribution is 0.101. The van der Waals surface area contributed by atoms with Gasteiger partial charge in [-0.15, -0.1) is 5.10 Å². The number of hydrogen-bond donors (Lipinski definition) is 1. The molecule has 0 aliphatic rings. The molecule has 0 spiro atoms. The van der Waals surface area contributed by atoms with Crippen LogP contribution in [0.25, 0.3) is 11.6 Å². The Hall–Kier alpha value is -2.97. The predicted octanol–water partition coefficient (Wildman–Crippen LogP) is 0.764. The van der Waals surface area contributed by atoms with Gasteiger partial charge >= 0.3 is 6.01 Å². The average molecular weight is 287 g/mol. The van der Waals surface area contributed by atoms with Crippen molar-refractivity contribution in [3.05, 3.63) is 29.7 Å². The summed E-state index contributed by atoms with van der Waals surface area (Å²) < 4.78 is 8.48. The number of aryl methyl sites for hydroxylation is 3.